The SMILES string of the molecule is Cc1nc(=O)n(CCCBr)c(=O)n1C.Cc1nc(=O)n(CCCN2C3CCC2CC(OCCCc2ccccc2F)C3)c(=O)n1C.O=C(O)C(=O)O. The number of fused-ring (bicyclic) bond motifs is 2. The van der Waals surface area contributed by atoms with Crippen LogP contribution in [0, 0.1) is 19.7 Å². The lowest BCUT2D eigenvalue weighted by Gasteiger charge is -2.39. The first-order valence-corrected chi connectivity index (χ1v) is 18.2. The standard InChI is InChI=1S/C24H33FN4O3.C8H12BrN3O2.C2H2O4/c1-17-26-23(30)29(24(31)27(17)2)13-6-12-28-19-10-11-20(28)16-21(15-19)32-14-5-8-18-7-3-4-9-22(18)25;1-6-10-7(13)12(5-3-4-9)8(14)11(6)2;3-1(4)2(5)6/h3-4,7,9,19-21H,5-6,8,10-16H2,1-2H3;3-5H2,1-2H3;(H,3,4)(H,5,6). The summed E-state index contributed by atoms with van der Waals surface area (Å²) in [6, 6.07) is 7.93. The molecule has 4 heterocycles. The average molecular weight is 797 g/mol. The lowest BCUT2D eigenvalue weighted by atomic mass is 9.99. The van der Waals surface area contributed by atoms with Crippen LogP contribution < -0.4 is 22.8 Å². The van der Waals surface area contributed by atoms with Crippen molar-refractivity contribution < 1.29 is 28.9 Å². The molecule has 16 nitrogen and oxygen atoms in total. The van der Waals surface area contributed by atoms with Crippen LogP contribution in [-0.4, -0.2) is 92.0 Å². The molecule has 2 saturated heterocycles. The first-order valence-electron chi connectivity index (χ1n) is 17.1. The Bertz CT molecular complexity index is 1900. The number of carboxylic acid groups (broad SMARTS) is 2. The van der Waals surface area contributed by atoms with E-state index >= 15 is 0 Å². The number of carbonyl (C=O) groups is 2. The zero-order valence-corrected chi connectivity index (χ0v) is 31.5. The molecule has 0 aliphatic carbocycles. The molecule has 0 amide bonds. The van der Waals surface area contributed by atoms with Gasteiger partial charge in [-0.05, 0) is 76.8 Å². The van der Waals surface area contributed by atoms with Crippen molar-refractivity contribution in [2.45, 2.75) is 96.5 Å². The number of aromatic nitrogens is 6. The Kier molecular flexibility index (Phi) is 16.3. The van der Waals surface area contributed by atoms with E-state index in [4.69, 9.17) is 24.5 Å². The summed E-state index contributed by atoms with van der Waals surface area (Å²) in [4.78, 5) is 75.8. The number of ether oxygens (including phenoxy) is 1. The summed E-state index contributed by atoms with van der Waals surface area (Å²) in [5.74, 6) is -2.91. The lowest BCUT2D eigenvalue weighted by Crippen LogP contribution is -2.47. The Hall–Kier alpha value is -4.29. The molecule has 5 rings (SSSR count). The molecule has 2 aliphatic heterocycles. The molecule has 18 heteroatoms. The number of aryl methyl sites for hydroxylation is 3. The summed E-state index contributed by atoms with van der Waals surface area (Å²) >= 11 is 3.24. The third-order valence-corrected chi connectivity index (χ3v) is 9.78. The smallest absolute Gasteiger partial charge is 0.414 e. The number of aliphatic carboxylic acids is 2. The van der Waals surface area contributed by atoms with Crippen LogP contribution in [0.1, 0.15) is 62.2 Å². The van der Waals surface area contributed by atoms with E-state index in [0.29, 0.717) is 49.8 Å². The molecule has 0 radical (unpaired) electrons. The second kappa shape index (κ2) is 20.1. The van der Waals surface area contributed by atoms with Gasteiger partial charge in [-0.15, -0.1) is 0 Å². The summed E-state index contributed by atoms with van der Waals surface area (Å²) in [6.45, 7) is 5.63. The van der Waals surface area contributed by atoms with E-state index < -0.39 is 23.3 Å². The molecule has 0 saturated carbocycles. The molecule has 2 fully saturated rings. The summed E-state index contributed by atoms with van der Waals surface area (Å²) < 4.78 is 25.1. The molecule has 2 bridgehead atoms. The van der Waals surface area contributed by atoms with Gasteiger partial charge in [0.25, 0.3) is 0 Å². The Labute approximate surface area is 307 Å². The minimum absolute atomic E-state index is 0.139. The summed E-state index contributed by atoms with van der Waals surface area (Å²) in [5.41, 5.74) is -0.775. The monoisotopic (exact) mass is 795 g/mol. The topological polar surface area (TPSA) is 201 Å². The van der Waals surface area contributed by atoms with Gasteiger partial charge in [0, 0.05) is 57.8 Å². The number of carboxylic acids is 2. The molecule has 286 valence electrons. The molecule has 0 spiro atoms. The minimum Gasteiger partial charge on any atom is -0.473 e. The molecule has 1 aromatic carbocycles. The van der Waals surface area contributed by atoms with Crippen molar-refractivity contribution in [2.24, 2.45) is 14.1 Å². The predicted octanol–water partition coefficient (Wildman–Crippen LogP) is 1.62. The molecule has 2 aromatic heterocycles. The maximum Gasteiger partial charge on any atom is 0.414 e. The van der Waals surface area contributed by atoms with Crippen LogP contribution in [0.25, 0.3) is 0 Å². The highest BCUT2D eigenvalue weighted by atomic mass is 79.9. The summed E-state index contributed by atoms with van der Waals surface area (Å²) in [5, 5.41) is 15.5. The van der Waals surface area contributed by atoms with Gasteiger partial charge in [0.15, 0.2) is 0 Å². The number of nitrogens with zero attached hydrogens (tertiary/aromatic N) is 7. The van der Waals surface area contributed by atoms with Crippen molar-refractivity contribution in [1.82, 2.24) is 33.1 Å². The van der Waals surface area contributed by atoms with Crippen LogP contribution >= 0.6 is 15.9 Å². The van der Waals surface area contributed by atoms with E-state index in [1.165, 1.54) is 32.6 Å². The highest BCUT2D eigenvalue weighted by molar-refractivity contribution is 9.09. The first-order chi connectivity index (χ1) is 24.7. The van der Waals surface area contributed by atoms with Gasteiger partial charge in [-0.3, -0.25) is 14.0 Å². The molecule has 2 N–H and O–H groups in total. The fraction of sp³-hybridized carbons (Fsp3) is 0.588. The van der Waals surface area contributed by atoms with Gasteiger partial charge in [-0.2, -0.15) is 9.97 Å². The maximum atomic E-state index is 13.7. The molecule has 2 unspecified atom stereocenters. The van der Waals surface area contributed by atoms with Crippen molar-refractivity contribution in [2.75, 3.05) is 18.5 Å². The highest BCUT2D eigenvalue weighted by Crippen LogP contribution is 2.37. The minimum atomic E-state index is -1.82. The van der Waals surface area contributed by atoms with E-state index in [2.05, 4.69) is 30.8 Å². The van der Waals surface area contributed by atoms with Gasteiger partial charge in [-0.25, -0.2) is 42.3 Å². The second-order valence-corrected chi connectivity index (χ2v) is 13.5. The summed E-state index contributed by atoms with van der Waals surface area (Å²) in [6.07, 6.45) is 7.66. The fourth-order valence-electron chi connectivity index (χ4n) is 6.30. The first kappa shape index (κ1) is 42.1. The van der Waals surface area contributed by atoms with Gasteiger partial charge >= 0.3 is 34.7 Å². The van der Waals surface area contributed by atoms with Gasteiger partial charge < -0.3 is 14.9 Å². The average Bonchev–Trinajstić information content (AvgIpc) is 3.33. The largest absolute Gasteiger partial charge is 0.473 e. The van der Waals surface area contributed by atoms with Crippen molar-refractivity contribution in [1.29, 1.82) is 0 Å². The number of benzene rings is 1. The van der Waals surface area contributed by atoms with E-state index in [9.17, 15) is 23.6 Å². The number of hydrogen-bond acceptors (Lipinski definition) is 10. The number of halogens is 2. The molecule has 3 aromatic rings. The third kappa shape index (κ3) is 11.6. The number of rotatable bonds is 12. The zero-order valence-electron chi connectivity index (χ0n) is 29.9. The Morgan fingerprint density at radius 2 is 1.33 bits per heavy atom. The maximum absolute atomic E-state index is 13.7. The molecule has 2 aliphatic rings. The quantitative estimate of drug-likeness (QED) is 0.153. The predicted molar refractivity (Wildman–Crippen MR) is 192 cm³/mol. The van der Waals surface area contributed by atoms with E-state index in [1.807, 2.05) is 12.1 Å². The van der Waals surface area contributed by atoms with Crippen molar-refractivity contribution in [3.05, 3.63) is 89.2 Å². The number of piperidine rings is 1. The summed E-state index contributed by atoms with van der Waals surface area (Å²) in [7, 11) is 3.25. The van der Waals surface area contributed by atoms with Crippen molar-refractivity contribution in [3.8, 4) is 0 Å². The van der Waals surface area contributed by atoms with E-state index in [0.717, 1.165) is 54.1 Å². The third-order valence-electron chi connectivity index (χ3n) is 9.22. The normalized spacial score (nSPS) is 17.8. The number of hydrogen-bond donors (Lipinski definition) is 2. The Morgan fingerprint density at radius 1 is 0.827 bits per heavy atom. The fourth-order valence-corrected chi connectivity index (χ4v) is 6.55. The highest BCUT2D eigenvalue weighted by Gasteiger charge is 2.40. The van der Waals surface area contributed by atoms with Crippen LogP contribution in [-0.2, 0) is 47.9 Å². The molecular formula is C34H47BrFN7O9. The van der Waals surface area contributed by atoms with Crippen LogP contribution in [0.5, 0.6) is 0 Å². The Balaban J connectivity index is 0.000000301. The lowest BCUT2D eigenvalue weighted by molar-refractivity contribution is -0.159. The number of alkyl halides is 1. The van der Waals surface area contributed by atoms with Crippen LogP contribution in [0.3, 0.4) is 0 Å². The van der Waals surface area contributed by atoms with Crippen LogP contribution in [0.15, 0.2) is 43.4 Å². The second-order valence-electron chi connectivity index (χ2n) is 12.7. The zero-order chi connectivity index (χ0) is 38.5. The molecule has 52 heavy (non-hydrogen) atoms. The van der Waals surface area contributed by atoms with Crippen LogP contribution in [0.2, 0.25) is 0 Å². The van der Waals surface area contributed by atoms with Gasteiger partial charge in [0.1, 0.15) is 17.5 Å². The molecular weight excluding hydrogens is 749 g/mol. The van der Waals surface area contributed by atoms with Gasteiger partial charge in [0.05, 0.1) is 6.10 Å². The van der Waals surface area contributed by atoms with E-state index in [-0.39, 0.29) is 23.3 Å². The van der Waals surface area contributed by atoms with E-state index in [1.54, 1.807) is 34.0 Å². The van der Waals surface area contributed by atoms with Crippen molar-refractivity contribution in [3.63, 3.8) is 0 Å². The molecule has 2 atom stereocenters. The van der Waals surface area contributed by atoms with Gasteiger partial charge in [0.2, 0.25) is 0 Å². The van der Waals surface area contributed by atoms with Crippen molar-refractivity contribution >= 4 is 27.9 Å². The van der Waals surface area contributed by atoms with Crippen LogP contribution in [0.4, 0.5) is 4.39 Å². The Morgan fingerprint density at radius 3 is 1.81 bits per heavy atom. The van der Waals surface area contributed by atoms with Gasteiger partial charge in [-0.1, -0.05) is 34.1 Å².